The van der Waals surface area contributed by atoms with E-state index in [1.54, 1.807) is 71.1 Å². The topological polar surface area (TPSA) is 360 Å². The number of likely N-dealkylation sites (N-methyl/N-ethyl adjacent to an activating group) is 2. The molecule has 0 saturated carbocycles. The van der Waals surface area contributed by atoms with Crippen LogP contribution in [-0.2, 0) is 37.4 Å². The number of nitrogens with two attached hydrogens (primary N) is 2. The third-order valence-electron chi connectivity index (χ3n) is 19.2. The van der Waals surface area contributed by atoms with Crippen molar-refractivity contribution in [2.24, 2.45) is 40.1 Å². The lowest BCUT2D eigenvalue weighted by Crippen LogP contribution is -2.63. The van der Waals surface area contributed by atoms with Crippen LogP contribution < -0.4 is 16.8 Å². The number of hydrogen-bond donors (Lipinski definition) is 11. The molecule has 4 aromatic carbocycles. The molecule has 5 aromatic rings. The van der Waals surface area contributed by atoms with Gasteiger partial charge in [0.05, 0.1) is 40.9 Å². The number of phenolic OH excluding ortho intramolecular Hbond substituents is 2. The van der Waals surface area contributed by atoms with Gasteiger partial charge in [0, 0.05) is 51.2 Å². The molecule has 0 fully saturated rings. The first-order chi connectivity index (χ1) is 40.9. The van der Waals surface area contributed by atoms with Crippen LogP contribution in [0.5, 0.6) is 11.5 Å². The molecule has 13 N–H and O–H groups in total. The number of carbonyl (C=O) groups excluding carboxylic acids is 6. The molecule has 8 atom stereocenters. The third kappa shape index (κ3) is 9.11. The van der Waals surface area contributed by atoms with Crippen LogP contribution in [0.1, 0.15) is 90.8 Å². The van der Waals surface area contributed by atoms with E-state index in [0.29, 0.717) is 57.6 Å². The van der Waals surface area contributed by atoms with Crippen LogP contribution in [0.2, 0.25) is 0 Å². The molecule has 1 heterocycles. The number of phenols is 2. The van der Waals surface area contributed by atoms with Crippen LogP contribution in [0.4, 0.5) is 5.69 Å². The van der Waals surface area contributed by atoms with Crippen LogP contribution in [0.15, 0.2) is 129 Å². The van der Waals surface area contributed by atoms with E-state index in [1.807, 2.05) is 64.1 Å². The molecule has 452 valence electrons. The van der Waals surface area contributed by atoms with E-state index in [1.165, 1.54) is 15.9 Å². The number of pyridine rings is 1. The van der Waals surface area contributed by atoms with Gasteiger partial charge in [-0.25, -0.2) is 4.99 Å². The van der Waals surface area contributed by atoms with E-state index in [4.69, 9.17) is 16.5 Å². The summed E-state index contributed by atoms with van der Waals surface area (Å²) in [4.78, 5) is 95.0. The number of amides is 2. The van der Waals surface area contributed by atoms with Gasteiger partial charge in [0.15, 0.2) is 22.8 Å². The number of fused-ring (bicyclic) bond motifs is 7. The van der Waals surface area contributed by atoms with E-state index >= 15 is 4.79 Å². The van der Waals surface area contributed by atoms with Gasteiger partial charge in [-0.2, -0.15) is 0 Å². The van der Waals surface area contributed by atoms with Crippen LogP contribution in [0.25, 0.3) is 33.2 Å². The molecule has 6 aliphatic rings. The minimum absolute atomic E-state index is 0.0611. The first kappa shape index (κ1) is 59.7. The predicted molar refractivity (Wildman–Crippen MR) is 321 cm³/mol. The van der Waals surface area contributed by atoms with Gasteiger partial charge in [-0.1, -0.05) is 56.3 Å². The van der Waals surface area contributed by atoms with Gasteiger partial charge in [-0.3, -0.25) is 43.6 Å². The standard InChI is InChI=1S/C66H69N7O14/c1-63(2,41-26-36(42-25-30-11-9-10-12-31(30)27-69-42)38-22-33-24-40-51(73(7)8)56(79)49(62(68)85)60(83)66(40,87)58(81)45(33)54(77)47(38)52(41)75)19-20-64(3,4)71-28-70-34-15-13-29(14-16-34)35-17-18-43(74)46-37(35)21-32-23-39-50(72(5)6)55(78)48(61(67)84)59(82)65(39,86)57(80)44(32)53(46)76/h9-18,25-28,32-33,39-40,50-51,74-75,78-81,86-87H,19-24H2,1-8H3,(H2,67,84)(H2,68,85)(H,70,71)/t32-,33-,39-,40-,50-,51-,65-,66-/m0/s1. The Hall–Kier alpha value is -9.02. The van der Waals surface area contributed by atoms with Gasteiger partial charge in [0.25, 0.3) is 11.8 Å². The second-order valence-corrected chi connectivity index (χ2v) is 25.7. The van der Waals surface area contributed by atoms with E-state index in [9.17, 15) is 64.8 Å². The quantitative estimate of drug-likeness (QED) is 0.0354. The number of ketones is 4. The number of aromatic hydroxyl groups is 2. The fourth-order valence-electron chi connectivity index (χ4n) is 14.7. The Morgan fingerprint density at radius 2 is 1.18 bits per heavy atom. The van der Waals surface area contributed by atoms with Gasteiger partial charge in [0.1, 0.15) is 45.7 Å². The molecule has 21 heteroatoms. The number of hydrogen-bond acceptors (Lipinski definition) is 18. The number of allylic oxidation sites excluding steroid dienone is 2. The van der Waals surface area contributed by atoms with E-state index in [-0.39, 0.29) is 59.5 Å². The summed E-state index contributed by atoms with van der Waals surface area (Å²) in [7, 11) is 6.29. The number of primary amides is 2. The Morgan fingerprint density at radius 3 is 1.70 bits per heavy atom. The molecule has 6 aliphatic carbocycles. The summed E-state index contributed by atoms with van der Waals surface area (Å²) in [5.41, 5.74) is 5.71. The van der Waals surface area contributed by atoms with E-state index in [2.05, 4.69) is 10.3 Å². The largest absolute Gasteiger partial charge is 0.510 e. The average Bonchev–Trinajstić information content (AvgIpc) is 0.815. The number of aliphatic hydroxyl groups is 6. The lowest BCUT2D eigenvalue weighted by Gasteiger charge is -2.50. The van der Waals surface area contributed by atoms with Crippen molar-refractivity contribution < 1.29 is 69.6 Å². The molecule has 0 unspecified atom stereocenters. The molecule has 1 aromatic heterocycles. The van der Waals surface area contributed by atoms with Crippen LogP contribution in [0, 0.1) is 23.7 Å². The Bertz CT molecular complexity index is 4060. The molecular formula is C66H69N7O14. The molecule has 87 heavy (non-hydrogen) atoms. The minimum atomic E-state index is -2.81. The number of nitrogens with zero attached hydrogens (tertiary/aromatic N) is 4. The maximum Gasteiger partial charge on any atom is 0.255 e. The van der Waals surface area contributed by atoms with Crippen molar-refractivity contribution in [3.8, 4) is 33.9 Å². The summed E-state index contributed by atoms with van der Waals surface area (Å²) < 4.78 is 0. The molecule has 0 radical (unpaired) electrons. The van der Waals surface area contributed by atoms with Crippen molar-refractivity contribution in [3.05, 3.63) is 152 Å². The number of aliphatic imine (C=N–C) groups is 1. The molecule has 11 rings (SSSR count). The summed E-state index contributed by atoms with van der Waals surface area (Å²) >= 11 is 0. The SMILES string of the molecule is CN(C)[C@@H]1C(O)=C(C(N)=O)C(=O)[C@@]2(O)C(O)=C3C(=O)c4c(O)ccc(-c5ccc(/N=C\NC(C)(C)CCC(C)(C)c6cc(-c7cc8ccccc8cn7)c7c(c6O)C(=O)C6=C(O)[C@]8(O)C(=O)C(C(N)=O)=C(O)[C@@H](N(C)C)[C@@H]8C[C@@H]6C7)cc5)c4C[C@H]3C[C@@H]12. The van der Waals surface area contributed by atoms with Gasteiger partial charge < -0.3 is 57.6 Å². The number of aromatic nitrogens is 1. The lowest BCUT2D eigenvalue weighted by atomic mass is 9.58. The third-order valence-corrected chi connectivity index (χ3v) is 19.2. The smallest absolute Gasteiger partial charge is 0.255 e. The lowest BCUT2D eigenvalue weighted by molar-refractivity contribution is -0.149. The second-order valence-electron chi connectivity index (χ2n) is 25.7. The summed E-state index contributed by atoms with van der Waals surface area (Å²) in [6.07, 6.45) is 4.27. The highest BCUT2D eigenvalue weighted by atomic mass is 16.4. The molecular weight excluding hydrogens is 1110 g/mol. The van der Waals surface area contributed by atoms with Crippen molar-refractivity contribution in [1.29, 1.82) is 0 Å². The predicted octanol–water partition coefficient (Wildman–Crippen LogP) is 6.22. The summed E-state index contributed by atoms with van der Waals surface area (Å²) in [6.45, 7) is 7.83. The van der Waals surface area contributed by atoms with Crippen LogP contribution in [0.3, 0.4) is 0 Å². The molecule has 21 nitrogen and oxygen atoms in total. The summed E-state index contributed by atoms with van der Waals surface area (Å²) in [6, 6.07) is 19.3. The Balaban J connectivity index is 0.853. The van der Waals surface area contributed by atoms with E-state index < -0.39 is 127 Å². The summed E-state index contributed by atoms with van der Waals surface area (Å²) in [5.74, 6) is -14.7. The minimum Gasteiger partial charge on any atom is -0.510 e. The number of carbonyl (C=O) groups is 6. The van der Waals surface area contributed by atoms with Crippen LogP contribution >= 0.6 is 0 Å². The van der Waals surface area contributed by atoms with Crippen molar-refractivity contribution >= 4 is 57.7 Å². The molecule has 2 amide bonds. The molecule has 0 saturated heterocycles. The number of aliphatic hydroxyl groups excluding tert-OH is 4. The van der Waals surface area contributed by atoms with Gasteiger partial charge in [0.2, 0.25) is 11.6 Å². The fraction of sp³-hybridized carbons (Fsp3) is 0.364. The maximum absolute atomic E-state index is 15.2. The Labute approximate surface area is 500 Å². The summed E-state index contributed by atoms with van der Waals surface area (Å²) in [5, 5.41) is 99.5. The highest BCUT2D eigenvalue weighted by Gasteiger charge is 2.65. The molecule has 0 bridgehead atoms. The van der Waals surface area contributed by atoms with Crippen molar-refractivity contribution in [2.75, 3.05) is 28.2 Å². The normalized spacial score (nSPS) is 25.7. The average molecular weight is 1180 g/mol. The zero-order valence-electron chi connectivity index (χ0n) is 49.3. The number of nitrogens with one attached hydrogen (secondary N) is 1. The zero-order chi connectivity index (χ0) is 63.0. The fourth-order valence-corrected chi connectivity index (χ4v) is 14.7. The maximum atomic E-state index is 15.2. The second kappa shape index (κ2) is 20.9. The van der Waals surface area contributed by atoms with Crippen molar-refractivity contribution in [1.82, 2.24) is 20.1 Å². The van der Waals surface area contributed by atoms with Gasteiger partial charge in [-0.05, 0) is 156 Å². The molecule has 0 aliphatic heterocycles. The number of benzene rings is 4. The molecule has 0 spiro atoms. The first-order valence-electron chi connectivity index (χ1n) is 28.7. The zero-order valence-corrected chi connectivity index (χ0v) is 49.3. The monoisotopic (exact) mass is 1180 g/mol. The highest BCUT2D eigenvalue weighted by Crippen LogP contribution is 2.56. The Morgan fingerprint density at radius 1 is 0.678 bits per heavy atom. The van der Waals surface area contributed by atoms with E-state index in [0.717, 1.165) is 10.8 Å². The van der Waals surface area contributed by atoms with Crippen LogP contribution in [-0.4, -0.2) is 154 Å². The Kier molecular flexibility index (Phi) is 14.3. The van der Waals surface area contributed by atoms with Gasteiger partial charge >= 0.3 is 0 Å². The van der Waals surface area contributed by atoms with Crippen molar-refractivity contribution in [2.45, 2.75) is 100 Å². The van der Waals surface area contributed by atoms with Crippen molar-refractivity contribution in [3.63, 3.8) is 0 Å². The highest BCUT2D eigenvalue weighted by molar-refractivity contribution is 6.26. The first-order valence-corrected chi connectivity index (χ1v) is 28.7. The number of Topliss-reactive ketones (excluding diaryl/α,β-unsaturated/α-hetero) is 4. The number of rotatable bonds is 13. The van der Waals surface area contributed by atoms with Gasteiger partial charge in [-0.15, -0.1) is 0 Å².